The molecular weight excluding hydrogens is 276 g/mol. The summed E-state index contributed by atoms with van der Waals surface area (Å²) < 4.78 is 12.6. The van der Waals surface area contributed by atoms with Crippen molar-refractivity contribution in [3.63, 3.8) is 0 Å². The van der Waals surface area contributed by atoms with Crippen LogP contribution in [0.4, 0.5) is 5.95 Å². The second kappa shape index (κ2) is 5.24. The fraction of sp³-hybridized carbons (Fsp3) is 0.385. The Morgan fingerprint density at radius 3 is 2.90 bits per heavy atom. The van der Waals surface area contributed by atoms with Gasteiger partial charge < -0.3 is 15.2 Å². The molecule has 1 aliphatic heterocycles. The molecule has 0 unspecified atom stereocenters. The summed E-state index contributed by atoms with van der Waals surface area (Å²) in [5.74, 6) is 2.83. The maximum Gasteiger partial charge on any atom is 0.231 e. The van der Waals surface area contributed by atoms with E-state index in [1.165, 1.54) is 0 Å². The molecule has 2 N–H and O–H groups in total. The number of hydrogen-bond acceptors (Lipinski definition) is 6. The number of aromatic nitrogens is 3. The van der Waals surface area contributed by atoms with E-state index in [0.29, 0.717) is 12.7 Å². The molecule has 0 bridgehead atoms. The van der Waals surface area contributed by atoms with Crippen LogP contribution in [-0.4, -0.2) is 21.6 Å². The van der Waals surface area contributed by atoms with E-state index < -0.39 is 0 Å². The molecule has 0 saturated heterocycles. The lowest BCUT2D eigenvalue weighted by atomic mass is 10.2. The van der Waals surface area contributed by atoms with Gasteiger partial charge in [-0.25, -0.2) is 0 Å². The highest BCUT2D eigenvalue weighted by Crippen LogP contribution is 2.34. The van der Waals surface area contributed by atoms with Crippen LogP contribution in [0.3, 0.4) is 0 Å². The predicted octanol–water partition coefficient (Wildman–Crippen LogP) is 2.46. The average Bonchev–Trinajstić information content (AvgIpc) is 3.01. The zero-order valence-corrected chi connectivity index (χ0v) is 12.2. The van der Waals surface area contributed by atoms with Gasteiger partial charge in [0, 0.05) is 11.8 Å². The maximum absolute atomic E-state index is 5.82. The van der Waals surface area contributed by atoms with Gasteiger partial charge in [0.05, 0.1) is 0 Å². The first kappa shape index (κ1) is 13.1. The van der Waals surface area contributed by atoms with Crippen LogP contribution in [0.25, 0.3) is 0 Å². The molecule has 0 fully saturated rings. The van der Waals surface area contributed by atoms with E-state index >= 15 is 0 Å². The van der Waals surface area contributed by atoms with Crippen molar-refractivity contribution >= 4 is 17.7 Å². The van der Waals surface area contributed by atoms with E-state index in [1.807, 2.05) is 22.8 Å². The second-order valence-corrected chi connectivity index (χ2v) is 5.72. The minimum Gasteiger partial charge on any atom is -0.454 e. The van der Waals surface area contributed by atoms with Crippen molar-refractivity contribution < 1.29 is 9.47 Å². The molecule has 0 spiro atoms. The zero-order chi connectivity index (χ0) is 14.1. The minimum atomic E-state index is 0.240. The largest absolute Gasteiger partial charge is 0.454 e. The molecule has 0 atom stereocenters. The number of nitrogen functional groups attached to an aromatic ring is 1. The molecule has 20 heavy (non-hydrogen) atoms. The fourth-order valence-electron chi connectivity index (χ4n) is 2.05. The van der Waals surface area contributed by atoms with Crippen LogP contribution >= 0.6 is 11.8 Å². The zero-order valence-electron chi connectivity index (χ0n) is 11.4. The number of benzene rings is 1. The summed E-state index contributed by atoms with van der Waals surface area (Å²) in [5.41, 5.74) is 6.97. The van der Waals surface area contributed by atoms with Crippen molar-refractivity contribution in [2.75, 3.05) is 12.5 Å². The van der Waals surface area contributed by atoms with Crippen LogP contribution in [0, 0.1) is 0 Å². The van der Waals surface area contributed by atoms with Gasteiger partial charge in [-0.2, -0.15) is 0 Å². The highest BCUT2D eigenvalue weighted by Gasteiger charge is 2.15. The summed E-state index contributed by atoms with van der Waals surface area (Å²) in [4.78, 5) is 0. The fourth-order valence-corrected chi connectivity index (χ4v) is 3.07. The molecule has 1 aromatic carbocycles. The van der Waals surface area contributed by atoms with Gasteiger partial charge in [-0.15, -0.1) is 10.2 Å². The Bertz CT molecular complexity index is 627. The molecule has 1 aliphatic rings. The van der Waals surface area contributed by atoms with E-state index in [2.05, 4.69) is 24.0 Å². The summed E-state index contributed by atoms with van der Waals surface area (Å²) >= 11 is 1.61. The predicted molar refractivity (Wildman–Crippen MR) is 76.9 cm³/mol. The highest BCUT2D eigenvalue weighted by molar-refractivity contribution is 7.98. The quantitative estimate of drug-likeness (QED) is 0.872. The van der Waals surface area contributed by atoms with Gasteiger partial charge >= 0.3 is 0 Å². The normalized spacial score (nSPS) is 13.2. The Labute approximate surface area is 121 Å². The number of rotatable bonds is 4. The van der Waals surface area contributed by atoms with Crippen LogP contribution in [0.1, 0.15) is 25.5 Å². The SMILES string of the molecule is CC(C)n1c(N)nnc1SCc1ccc2c(c1)OCO2. The van der Waals surface area contributed by atoms with Crippen molar-refractivity contribution in [1.29, 1.82) is 0 Å². The molecule has 1 aromatic heterocycles. The van der Waals surface area contributed by atoms with Crippen LogP contribution in [0.15, 0.2) is 23.4 Å². The Hall–Kier alpha value is -1.89. The Morgan fingerprint density at radius 2 is 2.10 bits per heavy atom. The Balaban J connectivity index is 1.74. The van der Waals surface area contributed by atoms with Crippen molar-refractivity contribution in [3.8, 4) is 11.5 Å². The number of anilines is 1. The number of nitrogens with zero attached hydrogens (tertiary/aromatic N) is 3. The van der Waals surface area contributed by atoms with Crippen molar-refractivity contribution in [2.24, 2.45) is 0 Å². The lowest BCUT2D eigenvalue weighted by Gasteiger charge is -2.11. The molecule has 6 nitrogen and oxygen atoms in total. The van der Waals surface area contributed by atoms with E-state index in [0.717, 1.165) is 28.0 Å². The highest BCUT2D eigenvalue weighted by atomic mass is 32.2. The number of nitrogens with two attached hydrogens (primary N) is 1. The van der Waals surface area contributed by atoms with Crippen molar-refractivity contribution in [1.82, 2.24) is 14.8 Å². The monoisotopic (exact) mass is 292 g/mol. The summed E-state index contributed by atoms with van der Waals surface area (Å²) in [7, 11) is 0. The van der Waals surface area contributed by atoms with Crippen LogP contribution in [-0.2, 0) is 5.75 Å². The molecule has 0 saturated carbocycles. The van der Waals surface area contributed by atoms with Gasteiger partial charge in [0.25, 0.3) is 0 Å². The first-order valence-electron chi connectivity index (χ1n) is 6.37. The third kappa shape index (κ3) is 2.40. The molecule has 0 aliphatic carbocycles. The van der Waals surface area contributed by atoms with Crippen molar-refractivity contribution in [3.05, 3.63) is 23.8 Å². The molecule has 0 radical (unpaired) electrons. The van der Waals surface area contributed by atoms with Gasteiger partial charge in [-0.3, -0.25) is 4.57 Å². The summed E-state index contributed by atoms with van der Waals surface area (Å²) in [6, 6.07) is 6.19. The summed E-state index contributed by atoms with van der Waals surface area (Å²) in [5, 5.41) is 8.88. The van der Waals surface area contributed by atoms with Crippen molar-refractivity contribution in [2.45, 2.75) is 30.8 Å². The van der Waals surface area contributed by atoms with E-state index in [4.69, 9.17) is 15.2 Å². The van der Waals surface area contributed by atoms with Crippen LogP contribution < -0.4 is 15.2 Å². The Morgan fingerprint density at radius 1 is 1.30 bits per heavy atom. The summed E-state index contributed by atoms with van der Waals surface area (Å²) in [6.45, 7) is 4.42. The lowest BCUT2D eigenvalue weighted by Crippen LogP contribution is -2.06. The van der Waals surface area contributed by atoms with Gasteiger partial charge in [-0.05, 0) is 31.5 Å². The molecule has 7 heteroatoms. The number of thioether (sulfide) groups is 1. The van der Waals surface area contributed by atoms with E-state index in [1.54, 1.807) is 11.8 Å². The third-order valence-corrected chi connectivity index (χ3v) is 4.03. The molecule has 2 heterocycles. The first-order valence-corrected chi connectivity index (χ1v) is 7.35. The number of ether oxygens (including phenoxy) is 2. The third-order valence-electron chi connectivity index (χ3n) is 3.01. The van der Waals surface area contributed by atoms with Crippen LogP contribution in [0.5, 0.6) is 11.5 Å². The lowest BCUT2D eigenvalue weighted by molar-refractivity contribution is 0.174. The molecular formula is C13H16N4O2S. The molecule has 3 rings (SSSR count). The first-order chi connectivity index (χ1) is 9.65. The maximum atomic E-state index is 5.82. The second-order valence-electron chi connectivity index (χ2n) is 4.78. The van der Waals surface area contributed by atoms with Gasteiger partial charge in [0.1, 0.15) is 0 Å². The standard InChI is InChI=1S/C13H16N4O2S/c1-8(2)17-12(14)15-16-13(17)20-6-9-3-4-10-11(5-9)19-7-18-10/h3-5,8H,6-7H2,1-2H3,(H2,14,15). The minimum absolute atomic E-state index is 0.240. The Kier molecular flexibility index (Phi) is 3.43. The summed E-state index contributed by atoms with van der Waals surface area (Å²) in [6.07, 6.45) is 0. The van der Waals surface area contributed by atoms with E-state index in [9.17, 15) is 0 Å². The van der Waals surface area contributed by atoms with E-state index in [-0.39, 0.29) is 6.04 Å². The van der Waals surface area contributed by atoms with Crippen LogP contribution in [0.2, 0.25) is 0 Å². The molecule has 106 valence electrons. The number of hydrogen-bond donors (Lipinski definition) is 1. The average molecular weight is 292 g/mol. The van der Waals surface area contributed by atoms with Gasteiger partial charge in [-0.1, -0.05) is 17.8 Å². The molecule has 0 amide bonds. The topological polar surface area (TPSA) is 75.2 Å². The molecule has 2 aromatic rings. The van der Waals surface area contributed by atoms with Gasteiger partial charge in [0.2, 0.25) is 12.7 Å². The smallest absolute Gasteiger partial charge is 0.231 e. The number of fused-ring (bicyclic) bond motifs is 1. The van der Waals surface area contributed by atoms with Gasteiger partial charge in [0.15, 0.2) is 16.7 Å².